The molecule has 1 unspecified atom stereocenters. The number of nitrogens with one attached hydrogen (secondary N) is 2. The van der Waals surface area contributed by atoms with Gasteiger partial charge in [0.2, 0.25) is 10.2 Å². The van der Waals surface area contributed by atoms with E-state index in [1.54, 1.807) is 0 Å². The van der Waals surface area contributed by atoms with Crippen molar-refractivity contribution in [3.63, 3.8) is 0 Å². The highest BCUT2D eigenvalue weighted by Gasteiger charge is 2.38. The Hall–Kier alpha value is -0.980. The molecule has 2 rings (SSSR count). The number of para-hydroxylation sites is 1. The molecule has 3 N–H and O–H groups in total. The van der Waals surface area contributed by atoms with E-state index in [1.807, 2.05) is 30.3 Å². The van der Waals surface area contributed by atoms with Crippen molar-refractivity contribution in [2.45, 2.75) is 12.5 Å². The molecule has 0 aliphatic carbocycles. The monoisotopic (exact) mass is 271 g/mol. The lowest BCUT2D eigenvalue weighted by Gasteiger charge is -2.13. The summed E-state index contributed by atoms with van der Waals surface area (Å²) in [5.74, 6) is 0.641. The van der Waals surface area contributed by atoms with E-state index in [1.165, 1.54) is 0 Å². The summed E-state index contributed by atoms with van der Waals surface area (Å²) in [4.78, 5) is 0. The Kier molecular flexibility index (Phi) is 3.76. The standard InChI is InChI=1S/C11H14N2O2S2/c14-17(15)7-6-10(8-17)13-11(16)12-9-4-2-1-3-5-9/h1-5,10H,6-8H2,(H2-,12,13,14,15,16)/p+1/t10-/m0/s1. The van der Waals surface area contributed by atoms with Crippen LogP contribution in [-0.2, 0) is 14.4 Å². The zero-order valence-electron chi connectivity index (χ0n) is 9.26. The summed E-state index contributed by atoms with van der Waals surface area (Å²) in [7, 11) is -2.61. The Morgan fingerprint density at radius 1 is 1.41 bits per heavy atom. The summed E-state index contributed by atoms with van der Waals surface area (Å²) in [5.41, 5.74) is 0.910. The molecule has 1 fully saturated rings. The second-order valence-electron chi connectivity index (χ2n) is 4.09. The van der Waals surface area contributed by atoms with Crippen LogP contribution in [0.15, 0.2) is 30.3 Å². The molecule has 4 nitrogen and oxygen atoms in total. The van der Waals surface area contributed by atoms with Crippen LogP contribution >= 0.6 is 12.2 Å². The highest BCUT2D eigenvalue weighted by atomic mass is 32.3. The zero-order chi connectivity index (χ0) is 12.3. The molecule has 0 spiro atoms. The number of benzene rings is 1. The molecule has 1 heterocycles. The van der Waals surface area contributed by atoms with Gasteiger partial charge in [-0.3, -0.25) is 0 Å². The predicted molar refractivity (Wildman–Crippen MR) is 74.6 cm³/mol. The number of hydrogen-bond acceptors (Lipinski definition) is 2. The fourth-order valence-corrected chi connectivity index (χ4v) is 3.78. The minimum absolute atomic E-state index is 0.00351. The molecule has 0 bridgehead atoms. The fourth-order valence-electron chi connectivity index (χ4n) is 1.80. The van der Waals surface area contributed by atoms with Crippen molar-refractivity contribution in [3.05, 3.63) is 30.3 Å². The second-order valence-corrected chi connectivity index (χ2v) is 6.79. The van der Waals surface area contributed by atoms with Crippen LogP contribution in [0.25, 0.3) is 0 Å². The molecule has 6 heteroatoms. The van der Waals surface area contributed by atoms with Gasteiger partial charge < -0.3 is 10.6 Å². The minimum atomic E-state index is -2.61. The molecule has 1 aromatic rings. The second kappa shape index (κ2) is 5.12. The van der Waals surface area contributed by atoms with Crippen molar-refractivity contribution in [3.8, 4) is 0 Å². The summed E-state index contributed by atoms with van der Waals surface area (Å²) >= 11 is 5.15. The van der Waals surface area contributed by atoms with Gasteiger partial charge in [-0.1, -0.05) is 22.4 Å². The molecule has 1 aromatic carbocycles. The molecular weight excluding hydrogens is 256 g/mol. The van der Waals surface area contributed by atoms with Crippen LogP contribution < -0.4 is 10.6 Å². The maximum Gasteiger partial charge on any atom is 0.216 e. The smallest absolute Gasteiger partial charge is 0.216 e. The fraction of sp³-hybridized carbons (Fsp3) is 0.364. The Labute approximate surface area is 107 Å². The SMILES string of the molecule is O=[S+]1(O)CC[C@H](NC(=S)Nc2ccccc2)C1. The molecular formula is C11H15N2O2S2+. The summed E-state index contributed by atoms with van der Waals surface area (Å²) in [6.07, 6.45) is 0.686. The van der Waals surface area contributed by atoms with Gasteiger partial charge in [0.1, 0.15) is 5.75 Å². The van der Waals surface area contributed by atoms with Crippen molar-refractivity contribution >= 4 is 33.2 Å². The third kappa shape index (κ3) is 3.76. The van der Waals surface area contributed by atoms with E-state index in [2.05, 4.69) is 10.6 Å². The van der Waals surface area contributed by atoms with Crippen LogP contribution in [0.3, 0.4) is 0 Å². The van der Waals surface area contributed by atoms with E-state index in [0.29, 0.717) is 17.3 Å². The Balaban J connectivity index is 1.85. The molecule has 1 saturated heterocycles. The average molecular weight is 271 g/mol. The molecule has 0 radical (unpaired) electrons. The molecule has 0 aromatic heterocycles. The lowest BCUT2D eigenvalue weighted by atomic mass is 10.3. The van der Waals surface area contributed by atoms with Crippen molar-refractivity contribution in [1.29, 1.82) is 0 Å². The van der Waals surface area contributed by atoms with Gasteiger partial charge in [-0.05, 0) is 24.4 Å². The third-order valence-corrected chi connectivity index (χ3v) is 4.63. The predicted octanol–water partition coefficient (Wildman–Crippen LogP) is 1.72. The van der Waals surface area contributed by atoms with E-state index in [0.717, 1.165) is 5.69 Å². The van der Waals surface area contributed by atoms with Crippen LogP contribution in [0, 0.1) is 0 Å². The number of thiocarbonyl (C=S) groups is 1. The zero-order valence-corrected chi connectivity index (χ0v) is 10.9. The van der Waals surface area contributed by atoms with Crippen molar-refractivity contribution in [2.75, 3.05) is 16.8 Å². The van der Waals surface area contributed by atoms with E-state index >= 15 is 0 Å². The van der Waals surface area contributed by atoms with Crippen LogP contribution in [0.5, 0.6) is 0 Å². The third-order valence-electron chi connectivity index (χ3n) is 2.61. The largest absolute Gasteiger partial charge is 0.355 e. The van der Waals surface area contributed by atoms with Gasteiger partial charge >= 0.3 is 0 Å². The summed E-state index contributed by atoms with van der Waals surface area (Å²) < 4.78 is 20.8. The summed E-state index contributed by atoms with van der Waals surface area (Å²) in [6, 6.07) is 9.59. The minimum Gasteiger partial charge on any atom is -0.355 e. The summed E-state index contributed by atoms with van der Waals surface area (Å²) in [6.45, 7) is 0. The van der Waals surface area contributed by atoms with E-state index in [-0.39, 0.29) is 11.8 Å². The molecule has 92 valence electrons. The van der Waals surface area contributed by atoms with Crippen LogP contribution in [0.2, 0.25) is 0 Å². The van der Waals surface area contributed by atoms with Gasteiger partial charge in [0, 0.05) is 12.1 Å². The first-order valence-corrected chi connectivity index (χ1v) is 7.66. The number of anilines is 1. The molecule has 1 aliphatic heterocycles. The maximum atomic E-state index is 11.4. The van der Waals surface area contributed by atoms with Gasteiger partial charge in [0.05, 0.1) is 6.04 Å². The number of hydrogen-bond donors (Lipinski definition) is 3. The number of rotatable bonds is 2. The Morgan fingerprint density at radius 3 is 2.71 bits per heavy atom. The normalized spacial score (nSPS) is 27.7. The van der Waals surface area contributed by atoms with Gasteiger partial charge in [-0.25, -0.2) is 0 Å². The molecule has 0 amide bonds. The van der Waals surface area contributed by atoms with Crippen LogP contribution in [0.1, 0.15) is 6.42 Å². The molecule has 0 saturated carbocycles. The quantitative estimate of drug-likeness (QED) is 0.565. The van der Waals surface area contributed by atoms with E-state index in [4.69, 9.17) is 12.2 Å². The topological polar surface area (TPSA) is 61.4 Å². The van der Waals surface area contributed by atoms with Crippen LogP contribution in [-0.4, -0.2) is 27.2 Å². The Morgan fingerprint density at radius 2 is 2.12 bits per heavy atom. The average Bonchev–Trinajstić information content (AvgIpc) is 2.59. The van der Waals surface area contributed by atoms with Gasteiger partial charge in [0.15, 0.2) is 10.9 Å². The van der Waals surface area contributed by atoms with Crippen LogP contribution in [0.4, 0.5) is 5.69 Å². The van der Waals surface area contributed by atoms with E-state index in [9.17, 15) is 8.76 Å². The Bertz CT molecular complexity index is 450. The highest BCUT2D eigenvalue weighted by Crippen LogP contribution is 2.16. The lowest BCUT2D eigenvalue weighted by molar-refractivity contribution is 0.502. The van der Waals surface area contributed by atoms with Crippen molar-refractivity contribution < 1.29 is 8.76 Å². The molecule has 2 atom stereocenters. The maximum absolute atomic E-state index is 11.4. The van der Waals surface area contributed by atoms with Crippen molar-refractivity contribution in [1.82, 2.24) is 5.32 Å². The van der Waals surface area contributed by atoms with E-state index < -0.39 is 10.2 Å². The van der Waals surface area contributed by atoms with Gasteiger partial charge in [0.25, 0.3) is 0 Å². The van der Waals surface area contributed by atoms with Gasteiger partial charge in [-0.2, -0.15) is 4.55 Å². The first-order valence-electron chi connectivity index (χ1n) is 5.40. The van der Waals surface area contributed by atoms with Crippen molar-refractivity contribution in [2.24, 2.45) is 0 Å². The lowest BCUT2D eigenvalue weighted by Crippen LogP contribution is -2.38. The van der Waals surface area contributed by atoms with Gasteiger partial charge in [-0.15, -0.1) is 0 Å². The first kappa shape index (κ1) is 12.5. The highest BCUT2D eigenvalue weighted by molar-refractivity contribution is 7.98. The molecule has 1 aliphatic rings. The first-order chi connectivity index (χ1) is 8.05. The summed E-state index contributed by atoms with van der Waals surface area (Å²) in [5, 5.41) is 6.60. The molecule has 17 heavy (non-hydrogen) atoms.